The van der Waals surface area contributed by atoms with Crippen LogP contribution in [0.25, 0.3) is 11.0 Å². The summed E-state index contributed by atoms with van der Waals surface area (Å²) in [6.45, 7) is 0.401. The molecule has 0 aliphatic carbocycles. The van der Waals surface area contributed by atoms with E-state index < -0.39 is 0 Å². The molecule has 4 aromatic rings. The van der Waals surface area contributed by atoms with Crippen molar-refractivity contribution in [3.63, 3.8) is 0 Å². The fourth-order valence-electron chi connectivity index (χ4n) is 2.72. The fourth-order valence-corrected chi connectivity index (χ4v) is 2.72. The maximum absolute atomic E-state index is 13.1. The van der Waals surface area contributed by atoms with Crippen molar-refractivity contribution in [2.75, 3.05) is 5.32 Å². The van der Waals surface area contributed by atoms with Gasteiger partial charge >= 0.3 is 0 Å². The third kappa shape index (κ3) is 3.79. The van der Waals surface area contributed by atoms with Crippen molar-refractivity contribution < 1.29 is 13.6 Å². The SMILES string of the molecule is O=C(NCc1ccccc1)c1cc2occc2c(Nc2ccc(F)cc2)n1. The molecule has 27 heavy (non-hydrogen) atoms. The summed E-state index contributed by atoms with van der Waals surface area (Å²) in [5.41, 5.74) is 2.43. The van der Waals surface area contributed by atoms with Crippen molar-refractivity contribution in [3.8, 4) is 0 Å². The molecule has 134 valence electrons. The highest BCUT2D eigenvalue weighted by atomic mass is 19.1. The van der Waals surface area contributed by atoms with Crippen LogP contribution in [0.2, 0.25) is 0 Å². The number of rotatable bonds is 5. The molecule has 5 nitrogen and oxygen atoms in total. The molecule has 2 aromatic carbocycles. The minimum absolute atomic E-state index is 0.234. The van der Waals surface area contributed by atoms with Crippen LogP contribution in [0, 0.1) is 5.82 Å². The van der Waals surface area contributed by atoms with Crippen molar-refractivity contribution in [1.29, 1.82) is 0 Å². The monoisotopic (exact) mass is 361 g/mol. The van der Waals surface area contributed by atoms with Crippen molar-refractivity contribution in [3.05, 3.63) is 90.1 Å². The van der Waals surface area contributed by atoms with Gasteiger partial charge in [-0.3, -0.25) is 4.79 Å². The third-order valence-corrected chi connectivity index (χ3v) is 4.09. The number of carbonyl (C=O) groups is 1. The first kappa shape index (κ1) is 16.8. The Balaban J connectivity index is 1.59. The molecular formula is C21H16FN3O2. The number of hydrogen-bond donors (Lipinski definition) is 2. The number of fused-ring (bicyclic) bond motifs is 1. The predicted molar refractivity (Wildman–Crippen MR) is 101 cm³/mol. The lowest BCUT2D eigenvalue weighted by molar-refractivity contribution is 0.0946. The van der Waals surface area contributed by atoms with E-state index in [0.717, 1.165) is 10.9 Å². The first-order chi connectivity index (χ1) is 13.2. The van der Waals surface area contributed by atoms with Gasteiger partial charge in [-0.1, -0.05) is 30.3 Å². The van der Waals surface area contributed by atoms with E-state index in [1.54, 1.807) is 24.3 Å². The number of amides is 1. The number of hydrogen-bond acceptors (Lipinski definition) is 4. The van der Waals surface area contributed by atoms with Crippen molar-refractivity contribution in [2.45, 2.75) is 6.54 Å². The van der Waals surface area contributed by atoms with E-state index in [4.69, 9.17) is 4.42 Å². The van der Waals surface area contributed by atoms with Crippen LogP contribution in [-0.4, -0.2) is 10.9 Å². The number of nitrogens with one attached hydrogen (secondary N) is 2. The van der Waals surface area contributed by atoms with E-state index >= 15 is 0 Å². The summed E-state index contributed by atoms with van der Waals surface area (Å²) in [5, 5.41) is 6.70. The average Bonchev–Trinajstić information content (AvgIpc) is 3.17. The van der Waals surface area contributed by atoms with Gasteiger partial charge in [0.05, 0.1) is 11.6 Å². The van der Waals surface area contributed by atoms with E-state index in [0.29, 0.717) is 23.6 Å². The summed E-state index contributed by atoms with van der Waals surface area (Å²) >= 11 is 0. The van der Waals surface area contributed by atoms with Gasteiger partial charge in [0, 0.05) is 18.3 Å². The highest BCUT2D eigenvalue weighted by Gasteiger charge is 2.14. The first-order valence-corrected chi connectivity index (χ1v) is 8.42. The molecule has 0 saturated carbocycles. The van der Waals surface area contributed by atoms with E-state index in [-0.39, 0.29) is 17.4 Å². The number of nitrogens with zero attached hydrogens (tertiary/aromatic N) is 1. The van der Waals surface area contributed by atoms with Crippen LogP contribution in [0.1, 0.15) is 16.1 Å². The molecule has 0 radical (unpaired) electrons. The number of carbonyl (C=O) groups excluding carboxylic acids is 1. The van der Waals surface area contributed by atoms with Gasteiger partial charge in [0.2, 0.25) is 0 Å². The van der Waals surface area contributed by atoms with E-state index in [1.165, 1.54) is 18.4 Å². The van der Waals surface area contributed by atoms with Gasteiger partial charge in [-0.05, 0) is 35.9 Å². The second kappa shape index (κ2) is 7.29. The second-order valence-electron chi connectivity index (χ2n) is 5.99. The zero-order chi connectivity index (χ0) is 18.6. The number of aromatic nitrogens is 1. The molecule has 0 aliphatic heterocycles. The van der Waals surface area contributed by atoms with Crippen molar-refractivity contribution in [2.24, 2.45) is 0 Å². The summed E-state index contributed by atoms with van der Waals surface area (Å²) in [7, 11) is 0. The largest absolute Gasteiger partial charge is 0.464 e. The standard InChI is InChI=1S/C21H16FN3O2/c22-15-6-8-16(9-7-15)24-20-17-10-11-27-19(17)12-18(25-20)21(26)23-13-14-4-2-1-3-5-14/h1-12H,13H2,(H,23,26)(H,24,25). The van der Waals surface area contributed by atoms with Gasteiger partial charge in [-0.15, -0.1) is 0 Å². The number of anilines is 2. The molecule has 0 unspecified atom stereocenters. The highest BCUT2D eigenvalue weighted by Crippen LogP contribution is 2.26. The number of halogens is 1. The van der Waals surface area contributed by atoms with Gasteiger partial charge in [0.15, 0.2) is 0 Å². The molecule has 0 aliphatic rings. The minimum atomic E-state index is -0.323. The molecule has 0 saturated heterocycles. The summed E-state index contributed by atoms with van der Waals surface area (Å²) in [5.74, 6) is -0.159. The molecular weight excluding hydrogens is 345 g/mol. The molecule has 2 N–H and O–H groups in total. The van der Waals surface area contributed by atoms with Gasteiger partial charge in [-0.25, -0.2) is 9.37 Å². The van der Waals surface area contributed by atoms with Crippen LogP contribution >= 0.6 is 0 Å². The zero-order valence-electron chi connectivity index (χ0n) is 14.3. The Morgan fingerprint density at radius 3 is 2.59 bits per heavy atom. The Morgan fingerprint density at radius 2 is 1.81 bits per heavy atom. The fraction of sp³-hybridized carbons (Fsp3) is 0.0476. The lowest BCUT2D eigenvalue weighted by atomic mass is 10.2. The quantitative estimate of drug-likeness (QED) is 0.543. The highest BCUT2D eigenvalue weighted by molar-refractivity contribution is 5.99. The number of furan rings is 1. The molecule has 6 heteroatoms. The molecule has 4 rings (SSSR count). The smallest absolute Gasteiger partial charge is 0.270 e. The van der Waals surface area contributed by atoms with E-state index in [1.807, 2.05) is 30.3 Å². The van der Waals surface area contributed by atoms with Crippen LogP contribution in [-0.2, 0) is 6.54 Å². The Kier molecular flexibility index (Phi) is 4.53. The van der Waals surface area contributed by atoms with Crippen LogP contribution < -0.4 is 10.6 Å². The van der Waals surface area contributed by atoms with Crippen LogP contribution in [0.4, 0.5) is 15.9 Å². The summed E-state index contributed by atoms with van der Waals surface area (Å²) in [4.78, 5) is 17.0. The molecule has 0 spiro atoms. The normalized spacial score (nSPS) is 10.7. The van der Waals surface area contributed by atoms with Crippen LogP contribution in [0.3, 0.4) is 0 Å². The average molecular weight is 361 g/mol. The van der Waals surface area contributed by atoms with Crippen LogP contribution in [0.15, 0.2) is 77.4 Å². The Hall–Kier alpha value is -3.67. The molecule has 2 aromatic heterocycles. The van der Waals surface area contributed by atoms with Crippen molar-refractivity contribution >= 4 is 28.4 Å². The number of pyridine rings is 1. The molecule has 0 fully saturated rings. The maximum atomic E-state index is 13.1. The van der Waals surface area contributed by atoms with Gasteiger partial charge in [0.1, 0.15) is 22.9 Å². The lowest BCUT2D eigenvalue weighted by Crippen LogP contribution is -2.24. The molecule has 0 bridgehead atoms. The van der Waals surface area contributed by atoms with E-state index in [9.17, 15) is 9.18 Å². The van der Waals surface area contributed by atoms with Crippen molar-refractivity contribution in [1.82, 2.24) is 10.3 Å². The lowest BCUT2D eigenvalue weighted by Gasteiger charge is -2.10. The first-order valence-electron chi connectivity index (χ1n) is 8.42. The summed E-state index contributed by atoms with van der Waals surface area (Å²) in [6.07, 6.45) is 1.54. The maximum Gasteiger partial charge on any atom is 0.270 e. The van der Waals surface area contributed by atoms with Gasteiger partial charge in [0.25, 0.3) is 5.91 Å². The topological polar surface area (TPSA) is 67.2 Å². The third-order valence-electron chi connectivity index (χ3n) is 4.09. The molecule has 2 heterocycles. The predicted octanol–water partition coefficient (Wildman–Crippen LogP) is 4.64. The summed E-state index contributed by atoms with van der Waals surface area (Å²) in [6, 6.07) is 18.9. The zero-order valence-corrected chi connectivity index (χ0v) is 14.3. The van der Waals surface area contributed by atoms with Crippen LogP contribution in [0.5, 0.6) is 0 Å². The van der Waals surface area contributed by atoms with E-state index in [2.05, 4.69) is 15.6 Å². The second-order valence-corrected chi connectivity index (χ2v) is 5.99. The molecule has 0 atom stereocenters. The Morgan fingerprint density at radius 1 is 1.04 bits per heavy atom. The minimum Gasteiger partial charge on any atom is -0.464 e. The Bertz CT molecular complexity index is 1080. The van der Waals surface area contributed by atoms with Gasteiger partial charge in [-0.2, -0.15) is 0 Å². The number of benzene rings is 2. The molecule has 1 amide bonds. The van der Waals surface area contributed by atoms with Gasteiger partial charge < -0.3 is 15.1 Å². The summed E-state index contributed by atoms with van der Waals surface area (Å²) < 4.78 is 18.6. The Labute approximate surface area is 154 Å².